The molecule has 45 heavy (non-hydrogen) atoms. The lowest BCUT2D eigenvalue weighted by Crippen LogP contribution is -2.03. The van der Waals surface area contributed by atoms with Gasteiger partial charge in [0.05, 0.1) is 22.1 Å². The first-order chi connectivity index (χ1) is 22.3. The van der Waals surface area contributed by atoms with E-state index >= 15 is 0 Å². The fourth-order valence-corrected chi connectivity index (χ4v) is 7.41. The van der Waals surface area contributed by atoms with Crippen molar-refractivity contribution in [3.63, 3.8) is 0 Å². The number of nitrogens with zero attached hydrogens (tertiary/aromatic N) is 3. The molecule has 11 aromatic rings. The zero-order valence-electron chi connectivity index (χ0n) is 23.8. The van der Waals surface area contributed by atoms with Crippen LogP contribution in [0.3, 0.4) is 0 Å². The van der Waals surface area contributed by atoms with Crippen molar-refractivity contribution < 1.29 is 8.83 Å². The summed E-state index contributed by atoms with van der Waals surface area (Å²) in [7, 11) is 0. The Morgan fingerprint density at radius 2 is 1.04 bits per heavy atom. The van der Waals surface area contributed by atoms with Gasteiger partial charge in [0, 0.05) is 37.9 Å². The predicted octanol–water partition coefficient (Wildman–Crippen LogP) is 10.8. The Morgan fingerprint density at radius 3 is 1.78 bits per heavy atom. The lowest BCUT2D eigenvalue weighted by Gasteiger charge is -2.14. The molecule has 0 aliphatic heterocycles. The largest absolute Gasteiger partial charge is 0.456 e. The summed E-state index contributed by atoms with van der Waals surface area (Å²) < 4.78 is 15.2. The molecule has 7 aromatic carbocycles. The smallest absolute Gasteiger partial charge is 0.165 e. The van der Waals surface area contributed by atoms with E-state index in [1.54, 1.807) is 0 Å². The second-order valence-electron chi connectivity index (χ2n) is 11.8. The molecule has 0 unspecified atom stereocenters. The monoisotopic (exact) mass is 575 g/mol. The van der Waals surface area contributed by atoms with Crippen LogP contribution in [0.4, 0.5) is 0 Å². The number of rotatable bonds is 2. The van der Waals surface area contributed by atoms with Crippen molar-refractivity contribution in [1.29, 1.82) is 0 Å². The van der Waals surface area contributed by atoms with E-state index < -0.39 is 0 Å². The van der Waals surface area contributed by atoms with Crippen LogP contribution in [-0.2, 0) is 0 Å². The van der Waals surface area contributed by atoms with Crippen LogP contribution in [0.2, 0.25) is 0 Å². The summed E-state index contributed by atoms with van der Waals surface area (Å²) in [4.78, 5) is 10.6. The number of aromatic nitrogens is 3. The fraction of sp³-hybridized carbons (Fsp3) is 0. The van der Waals surface area contributed by atoms with E-state index in [0.717, 1.165) is 93.8 Å². The van der Waals surface area contributed by atoms with Gasteiger partial charge in [-0.25, -0.2) is 9.97 Å². The summed E-state index contributed by atoms with van der Waals surface area (Å²) in [6.45, 7) is 0. The van der Waals surface area contributed by atoms with Gasteiger partial charge < -0.3 is 8.83 Å². The van der Waals surface area contributed by atoms with E-state index in [1.165, 1.54) is 10.8 Å². The number of hydrogen-bond acceptors (Lipinski definition) is 4. The predicted molar refractivity (Wildman–Crippen MR) is 183 cm³/mol. The Bertz CT molecular complexity index is 2890. The van der Waals surface area contributed by atoms with Gasteiger partial charge >= 0.3 is 0 Å². The molecule has 5 nitrogen and oxygen atoms in total. The van der Waals surface area contributed by atoms with Gasteiger partial charge in [0.15, 0.2) is 5.82 Å². The van der Waals surface area contributed by atoms with Crippen LogP contribution in [0, 0.1) is 0 Å². The molecule has 0 radical (unpaired) electrons. The summed E-state index contributed by atoms with van der Waals surface area (Å²) in [6.07, 6.45) is 0. The van der Waals surface area contributed by atoms with Crippen LogP contribution in [0.15, 0.2) is 136 Å². The molecule has 0 N–H and O–H groups in total. The quantitative estimate of drug-likeness (QED) is 0.206. The van der Waals surface area contributed by atoms with E-state index in [4.69, 9.17) is 18.8 Å². The number of fused-ring (bicyclic) bond motifs is 4. The fourth-order valence-electron chi connectivity index (χ4n) is 7.41. The van der Waals surface area contributed by atoms with Gasteiger partial charge in [-0.2, -0.15) is 0 Å². The van der Waals surface area contributed by atoms with Crippen molar-refractivity contribution >= 4 is 87.5 Å². The third kappa shape index (κ3) is 3.01. The third-order valence-electron chi connectivity index (χ3n) is 9.34. The summed E-state index contributed by atoms with van der Waals surface area (Å²) >= 11 is 0. The highest BCUT2D eigenvalue weighted by Crippen LogP contribution is 2.45. The van der Waals surface area contributed by atoms with Crippen molar-refractivity contribution in [2.24, 2.45) is 0 Å². The molecule has 0 saturated carbocycles. The van der Waals surface area contributed by atoms with Gasteiger partial charge in [0.1, 0.15) is 28.0 Å². The first kappa shape index (κ1) is 23.3. The van der Waals surface area contributed by atoms with Crippen molar-refractivity contribution in [1.82, 2.24) is 14.5 Å². The lowest BCUT2D eigenvalue weighted by atomic mass is 10.00. The highest BCUT2D eigenvalue weighted by atomic mass is 16.3. The van der Waals surface area contributed by atoms with E-state index in [-0.39, 0.29) is 0 Å². The molecule has 0 saturated heterocycles. The molecule has 0 spiro atoms. The molecular formula is C40H21N3O2. The lowest BCUT2D eigenvalue weighted by molar-refractivity contribution is 0.664. The summed E-state index contributed by atoms with van der Waals surface area (Å²) in [5.74, 6) is 0.777. The summed E-state index contributed by atoms with van der Waals surface area (Å²) in [5.41, 5.74) is 8.98. The van der Waals surface area contributed by atoms with Crippen LogP contribution in [0.1, 0.15) is 0 Å². The second kappa shape index (κ2) is 8.24. The van der Waals surface area contributed by atoms with Gasteiger partial charge in [0.25, 0.3) is 0 Å². The van der Waals surface area contributed by atoms with Gasteiger partial charge in [-0.15, -0.1) is 0 Å². The van der Waals surface area contributed by atoms with Crippen molar-refractivity contribution in [3.8, 4) is 17.1 Å². The zero-order valence-corrected chi connectivity index (χ0v) is 23.8. The average molecular weight is 576 g/mol. The molecule has 0 aliphatic rings. The van der Waals surface area contributed by atoms with Crippen molar-refractivity contribution in [3.05, 3.63) is 127 Å². The SMILES string of the molecule is c1ccc2nc(-n3c4ccc5cccc6oc7cccc8ccc3c(c87)c4c56)c(-c3ccc4c(c3)oc3ccccc34)nc2c1. The molecule has 0 bridgehead atoms. The Labute approximate surface area is 254 Å². The van der Waals surface area contributed by atoms with Crippen LogP contribution in [-0.4, -0.2) is 14.5 Å². The zero-order chi connectivity index (χ0) is 29.2. The van der Waals surface area contributed by atoms with Crippen LogP contribution in [0.25, 0.3) is 105 Å². The normalized spacial score (nSPS) is 12.4. The highest BCUT2D eigenvalue weighted by molar-refractivity contribution is 6.33. The topological polar surface area (TPSA) is 57.0 Å². The molecule has 0 atom stereocenters. The summed E-state index contributed by atoms with van der Waals surface area (Å²) in [5, 5.41) is 9.04. The Kier molecular flexibility index (Phi) is 4.26. The van der Waals surface area contributed by atoms with Crippen LogP contribution < -0.4 is 0 Å². The van der Waals surface area contributed by atoms with Gasteiger partial charge in [-0.1, -0.05) is 72.8 Å². The van der Waals surface area contributed by atoms with Crippen molar-refractivity contribution in [2.75, 3.05) is 0 Å². The van der Waals surface area contributed by atoms with Gasteiger partial charge in [-0.3, -0.25) is 4.57 Å². The maximum atomic E-state index is 6.63. The molecule has 5 heteroatoms. The molecule has 0 amide bonds. The number of hydrogen-bond donors (Lipinski definition) is 0. The average Bonchev–Trinajstić information content (AvgIpc) is 3.58. The number of furan rings is 1. The first-order valence-corrected chi connectivity index (χ1v) is 15.1. The minimum absolute atomic E-state index is 0.777. The molecule has 11 rings (SSSR count). The van der Waals surface area contributed by atoms with Crippen LogP contribution in [0.5, 0.6) is 0 Å². The van der Waals surface area contributed by atoms with Gasteiger partial charge in [0.2, 0.25) is 0 Å². The van der Waals surface area contributed by atoms with E-state index in [1.807, 2.05) is 42.5 Å². The molecule has 0 aliphatic carbocycles. The Morgan fingerprint density at radius 1 is 0.444 bits per heavy atom. The highest BCUT2D eigenvalue weighted by Gasteiger charge is 2.24. The van der Waals surface area contributed by atoms with Crippen molar-refractivity contribution in [2.45, 2.75) is 0 Å². The van der Waals surface area contributed by atoms with Gasteiger partial charge in [-0.05, 0) is 65.4 Å². The Hall–Kier alpha value is -6.20. The molecular weight excluding hydrogens is 554 g/mol. The molecule has 4 heterocycles. The van der Waals surface area contributed by atoms with E-state index in [2.05, 4.69) is 89.5 Å². The number of benzene rings is 7. The first-order valence-electron chi connectivity index (χ1n) is 15.1. The third-order valence-corrected chi connectivity index (χ3v) is 9.34. The maximum Gasteiger partial charge on any atom is 0.165 e. The second-order valence-corrected chi connectivity index (χ2v) is 11.8. The maximum absolute atomic E-state index is 6.63. The molecule has 0 fully saturated rings. The van der Waals surface area contributed by atoms with E-state index in [9.17, 15) is 0 Å². The minimum Gasteiger partial charge on any atom is -0.456 e. The minimum atomic E-state index is 0.777. The van der Waals surface area contributed by atoms with E-state index in [0.29, 0.717) is 0 Å². The Balaban J connectivity index is 1.33. The summed E-state index contributed by atoms with van der Waals surface area (Å²) in [6, 6.07) is 44.0. The standard InChI is InChI=1S/C40H21N3O2/c1-4-12-31-25(9-1)26-18-15-24(21-34(26)44-31)39-40(42-28-11-3-2-10-27(28)41-39)43-29-19-16-22-7-5-13-32-35(22)37(29)38-30(43)20-17-23-8-6-14-33(45-32)36(23)38/h1-21H. The number of para-hydroxylation sites is 3. The van der Waals surface area contributed by atoms with Crippen LogP contribution >= 0.6 is 0 Å². The molecule has 208 valence electrons. The molecule has 4 aromatic heterocycles.